The highest BCUT2D eigenvalue weighted by Gasteiger charge is 2.12. The number of carbonyl (C=O) groups is 3. The maximum Gasteiger partial charge on any atom is 0.331 e. The van der Waals surface area contributed by atoms with E-state index < -0.39 is 18.5 Å². The van der Waals surface area contributed by atoms with Crippen LogP contribution in [0.3, 0.4) is 0 Å². The number of hydrogen-bond acceptors (Lipinski definition) is 5. The fourth-order valence-corrected chi connectivity index (χ4v) is 2.88. The molecule has 2 rings (SSSR count). The van der Waals surface area contributed by atoms with Gasteiger partial charge in [0.15, 0.2) is 12.4 Å². The lowest BCUT2D eigenvalue weighted by atomic mass is 10.1. The number of amides is 1. The molecule has 0 atom stereocenters. The van der Waals surface area contributed by atoms with Crippen LogP contribution in [-0.4, -0.2) is 34.0 Å². The van der Waals surface area contributed by atoms with E-state index in [9.17, 15) is 14.4 Å². The summed E-state index contributed by atoms with van der Waals surface area (Å²) < 4.78 is 6.65. The molecule has 0 saturated carbocycles. The number of nitrogens with zero attached hydrogens (tertiary/aromatic N) is 2. The summed E-state index contributed by atoms with van der Waals surface area (Å²) in [6, 6.07) is 6.52. The van der Waals surface area contributed by atoms with Gasteiger partial charge in [-0.1, -0.05) is 37.1 Å². The number of rotatable bonds is 9. The summed E-state index contributed by atoms with van der Waals surface area (Å²) in [6.07, 6.45) is 4.72. The molecule has 0 unspecified atom stereocenters. The van der Waals surface area contributed by atoms with Crippen molar-refractivity contribution in [2.45, 2.75) is 40.2 Å². The van der Waals surface area contributed by atoms with E-state index in [0.717, 1.165) is 12.8 Å². The van der Waals surface area contributed by atoms with Crippen LogP contribution < -0.4 is 5.32 Å². The molecular weight excluding hydrogens is 394 g/mol. The minimum atomic E-state index is -0.672. The van der Waals surface area contributed by atoms with Gasteiger partial charge in [0.2, 0.25) is 0 Å². The number of halogens is 1. The third kappa shape index (κ3) is 6.57. The molecule has 0 radical (unpaired) electrons. The first-order valence-corrected chi connectivity index (χ1v) is 9.68. The summed E-state index contributed by atoms with van der Waals surface area (Å²) in [6.45, 7) is 5.59. The van der Waals surface area contributed by atoms with E-state index in [1.807, 2.05) is 6.92 Å². The first-order valence-electron chi connectivity index (χ1n) is 9.30. The van der Waals surface area contributed by atoms with Crippen LogP contribution in [0.4, 0.5) is 5.69 Å². The molecule has 0 bridgehead atoms. The van der Waals surface area contributed by atoms with Gasteiger partial charge >= 0.3 is 5.97 Å². The van der Waals surface area contributed by atoms with Gasteiger partial charge in [0.25, 0.3) is 5.91 Å². The first kappa shape index (κ1) is 22.4. The molecule has 8 heteroatoms. The Kier molecular flexibility index (Phi) is 8.15. The minimum Gasteiger partial charge on any atom is -0.452 e. The predicted octanol–water partition coefficient (Wildman–Crippen LogP) is 4.04. The summed E-state index contributed by atoms with van der Waals surface area (Å²) in [5, 5.41) is 7.40. The third-order valence-electron chi connectivity index (χ3n) is 4.12. The van der Waals surface area contributed by atoms with Crippen LogP contribution in [-0.2, 0) is 20.9 Å². The number of benzene rings is 1. The molecule has 1 aromatic heterocycles. The summed E-state index contributed by atoms with van der Waals surface area (Å²) in [4.78, 5) is 35.3. The topological polar surface area (TPSA) is 90.3 Å². The fourth-order valence-electron chi connectivity index (χ4n) is 2.56. The summed E-state index contributed by atoms with van der Waals surface area (Å²) in [5.41, 5.74) is 2.29. The molecule has 1 aromatic carbocycles. The molecule has 154 valence electrons. The molecule has 0 spiro atoms. The van der Waals surface area contributed by atoms with Gasteiger partial charge < -0.3 is 10.1 Å². The fraction of sp³-hybridized carbons (Fsp3) is 0.333. The van der Waals surface area contributed by atoms with Crippen molar-refractivity contribution >= 4 is 41.0 Å². The number of nitrogens with one attached hydrogen (secondary N) is 1. The van der Waals surface area contributed by atoms with Crippen LogP contribution in [0.15, 0.2) is 30.3 Å². The quantitative estimate of drug-likeness (QED) is 0.377. The summed E-state index contributed by atoms with van der Waals surface area (Å²) in [7, 11) is 0. The summed E-state index contributed by atoms with van der Waals surface area (Å²) >= 11 is 6.31. The average molecular weight is 418 g/mol. The Balaban J connectivity index is 1.89. The highest BCUT2D eigenvalue weighted by atomic mass is 35.5. The monoisotopic (exact) mass is 417 g/mol. The van der Waals surface area contributed by atoms with Gasteiger partial charge in [-0.3, -0.25) is 14.3 Å². The number of aromatic nitrogens is 2. The van der Waals surface area contributed by atoms with Crippen molar-refractivity contribution in [2.24, 2.45) is 0 Å². The molecule has 0 aliphatic rings. The lowest BCUT2D eigenvalue weighted by molar-refractivity contribution is -0.142. The van der Waals surface area contributed by atoms with Crippen LogP contribution in [0.25, 0.3) is 6.08 Å². The Bertz CT molecular complexity index is 934. The second-order valence-corrected chi connectivity index (χ2v) is 6.85. The molecule has 0 fully saturated rings. The lowest BCUT2D eigenvalue weighted by Crippen LogP contribution is -2.20. The Morgan fingerprint density at radius 1 is 1.31 bits per heavy atom. The van der Waals surface area contributed by atoms with Crippen molar-refractivity contribution in [1.29, 1.82) is 0 Å². The smallest absolute Gasteiger partial charge is 0.331 e. The SMILES string of the molecule is CCCCn1nc(C)c(/C=C/C(=O)OCC(=O)Nc2cccc(C(C)=O)c2)c1Cl. The lowest BCUT2D eigenvalue weighted by Gasteiger charge is -2.06. The van der Waals surface area contributed by atoms with E-state index in [0.29, 0.717) is 34.2 Å². The molecule has 0 aliphatic heterocycles. The number of aryl methyl sites for hydroxylation is 2. The number of anilines is 1. The number of Topliss-reactive ketones (excluding diaryl/α,β-unsaturated/α-hetero) is 1. The van der Waals surface area contributed by atoms with Crippen LogP contribution >= 0.6 is 11.6 Å². The Morgan fingerprint density at radius 3 is 2.76 bits per heavy atom. The zero-order chi connectivity index (χ0) is 21.4. The predicted molar refractivity (Wildman–Crippen MR) is 112 cm³/mol. The molecule has 0 saturated heterocycles. The average Bonchev–Trinajstić information content (AvgIpc) is 2.96. The largest absolute Gasteiger partial charge is 0.452 e. The second kappa shape index (κ2) is 10.6. The number of ether oxygens (including phenoxy) is 1. The minimum absolute atomic E-state index is 0.107. The normalized spacial score (nSPS) is 10.9. The van der Waals surface area contributed by atoms with Gasteiger partial charge in [-0.15, -0.1) is 0 Å². The third-order valence-corrected chi connectivity index (χ3v) is 4.52. The van der Waals surface area contributed by atoms with E-state index in [1.165, 1.54) is 19.1 Å². The zero-order valence-electron chi connectivity index (χ0n) is 16.7. The van der Waals surface area contributed by atoms with Crippen LogP contribution in [0.5, 0.6) is 0 Å². The molecule has 29 heavy (non-hydrogen) atoms. The molecule has 1 amide bonds. The summed E-state index contributed by atoms with van der Waals surface area (Å²) in [5.74, 6) is -1.28. The van der Waals surface area contributed by atoms with Crippen molar-refractivity contribution < 1.29 is 19.1 Å². The Labute approximate surface area is 174 Å². The molecule has 0 aliphatic carbocycles. The number of esters is 1. The van der Waals surface area contributed by atoms with E-state index >= 15 is 0 Å². The van der Waals surface area contributed by atoms with Crippen molar-refractivity contribution in [3.63, 3.8) is 0 Å². The Hall–Kier alpha value is -2.93. The molecule has 2 aromatic rings. The number of carbonyl (C=O) groups excluding carboxylic acids is 3. The Morgan fingerprint density at radius 2 is 2.07 bits per heavy atom. The van der Waals surface area contributed by atoms with Gasteiger partial charge in [0.1, 0.15) is 5.15 Å². The molecule has 1 heterocycles. The second-order valence-electron chi connectivity index (χ2n) is 6.49. The highest BCUT2D eigenvalue weighted by Crippen LogP contribution is 2.21. The number of unbranched alkanes of at least 4 members (excludes halogenated alkanes) is 1. The van der Waals surface area contributed by atoms with Gasteiger partial charge in [0.05, 0.1) is 5.69 Å². The van der Waals surface area contributed by atoms with Gasteiger partial charge in [0, 0.05) is 29.4 Å². The van der Waals surface area contributed by atoms with Crippen molar-refractivity contribution in [2.75, 3.05) is 11.9 Å². The molecular formula is C21H24ClN3O4. The zero-order valence-corrected chi connectivity index (χ0v) is 17.5. The van der Waals surface area contributed by atoms with Gasteiger partial charge in [-0.2, -0.15) is 5.10 Å². The van der Waals surface area contributed by atoms with E-state index in [-0.39, 0.29) is 5.78 Å². The van der Waals surface area contributed by atoms with Crippen LogP contribution in [0.1, 0.15) is 48.3 Å². The maximum absolute atomic E-state index is 12.0. The van der Waals surface area contributed by atoms with Crippen molar-refractivity contribution in [3.8, 4) is 0 Å². The van der Waals surface area contributed by atoms with Crippen LogP contribution in [0, 0.1) is 6.92 Å². The van der Waals surface area contributed by atoms with E-state index in [4.69, 9.17) is 16.3 Å². The molecule has 1 N–H and O–H groups in total. The van der Waals surface area contributed by atoms with E-state index in [2.05, 4.69) is 17.3 Å². The van der Waals surface area contributed by atoms with Crippen molar-refractivity contribution in [3.05, 3.63) is 52.3 Å². The van der Waals surface area contributed by atoms with Crippen molar-refractivity contribution in [1.82, 2.24) is 9.78 Å². The van der Waals surface area contributed by atoms with Gasteiger partial charge in [-0.25, -0.2) is 4.79 Å². The number of hydrogen-bond donors (Lipinski definition) is 1. The maximum atomic E-state index is 12.0. The first-order chi connectivity index (χ1) is 13.8. The van der Waals surface area contributed by atoms with Gasteiger partial charge in [-0.05, 0) is 38.5 Å². The highest BCUT2D eigenvalue weighted by molar-refractivity contribution is 6.31. The molecule has 7 nitrogen and oxygen atoms in total. The standard InChI is InChI=1S/C21H24ClN3O4/c1-4-5-11-25-21(22)18(14(2)24-25)9-10-20(28)29-13-19(27)23-17-8-6-7-16(12-17)15(3)26/h6-10,12H,4-5,11,13H2,1-3H3,(H,23,27)/b10-9+. The van der Waals surface area contributed by atoms with Crippen LogP contribution in [0.2, 0.25) is 5.15 Å². The van der Waals surface area contributed by atoms with E-state index in [1.54, 1.807) is 28.9 Å². The number of ketones is 1.